The molecule has 2 amide bonds. The molecule has 0 aliphatic carbocycles. The lowest BCUT2D eigenvalue weighted by Crippen LogP contribution is -2.40. The molecule has 0 bridgehead atoms. The van der Waals surface area contributed by atoms with Crippen LogP contribution < -0.4 is 5.32 Å². The Bertz CT molecular complexity index is 602. The molecule has 2 rings (SSSR count). The van der Waals surface area contributed by atoms with Gasteiger partial charge in [-0.05, 0) is 23.1 Å². The summed E-state index contributed by atoms with van der Waals surface area (Å²) in [5.74, 6) is -0.296. The summed E-state index contributed by atoms with van der Waals surface area (Å²) in [5, 5.41) is 12.6. The van der Waals surface area contributed by atoms with Gasteiger partial charge in [-0.3, -0.25) is 9.59 Å². The van der Waals surface area contributed by atoms with Crippen molar-refractivity contribution >= 4 is 17.5 Å². The van der Waals surface area contributed by atoms with Gasteiger partial charge in [0, 0.05) is 25.9 Å². The molecule has 0 spiro atoms. The highest BCUT2D eigenvalue weighted by Gasteiger charge is 2.19. The Balaban J connectivity index is 1.91. The number of benzene rings is 1. The third-order valence-corrected chi connectivity index (χ3v) is 4.07. The number of amides is 2. The third kappa shape index (κ3) is 4.96. The molecule has 1 aliphatic heterocycles. The Hall–Kier alpha value is -2.08. The van der Waals surface area contributed by atoms with Gasteiger partial charge in [0.05, 0.1) is 18.9 Å². The number of aromatic hydroxyl groups is 1. The third-order valence-electron chi connectivity index (χ3n) is 4.07. The van der Waals surface area contributed by atoms with E-state index >= 15 is 0 Å². The van der Waals surface area contributed by atoms with Gasteiger partial charge in [-0.1, -0.05) is 26.8 Å². The summed E-state index contributed by atoms with van der Waals surface area (Å²) in [7, 11) is 0. The summed E-state index contributed by atoms with van der Waals surface area (Å²) in [4.78, 5) is 25.9. The molecule has 1 aromatic carbocycles. The average Bonchev–Trinajstić information content (AvgIpc) is 2.54. The van der Waals surface area contributed by atoms with E-state index in [1.807, 2.05) is 6.07 Å². The molecule has 132 valence electrons. The number of anilines is 1. The van der Waals surface area contributed by atoms with Crippen molar-refractivity contribution in [2.75, 3.05) is 31.6 Å². The highest BCUT2D eigenvalue weighted by atomic mass is 16.5. The molecule has 2 N–H and O–H groups in total. The molecule has 1 heterocycles. The van der Waals surface area contributed by atoms with Crippen LogP contribution in [0.5, 0.6) is 5.75 Å². The van der Waals surface area contributed by atoms with Crippen LogP contribution in [0, 0.1) is 0 Å². The van der Waals surface area contributed by atoms with Crippen molar-refractivity contribution in [1.82, 2.24) is 4.90 Å². The topological polar surface area (TPSA) is 78.9 Å². The number of hydrogen-bond acceptors (Lipinski definition) is 4. The summed E-state index contributed by atoms with van der Waals surface area (Å²) in [5.41, 5.74) is 1.31. The number of carbonyl (C=O) groups excluding carboxylic acids is 2. The van der Waals surface area contributed by atoms with E-state index in [2.05, 4.69) is 26.1 Å². The van der Waals surface area contributed by atoms with Gasteiger partial charge in [0.25, 0.3) is 0 Å². The van der Waals surface area contributed by atoms with Gasteiger partial charge in [-0.15, -0.1) is 0 Å². The molecule has 1 aromatic rings. The van der Waals surface area contributed by atoms with Crippen LogP contribution in [0.15, 0.2) is 18.2 Å². The van der Waals surface area contributed by atoms with Crippen molar-refractivity contribution < 1.29 is 19.4 Å². The highest BCUT2D eigenvalue weighted by Crippen LogP contribution is 2.30. The number of morpholine rings is 1. The lowest BCUT2D eigenvalue weighted by atomic mass is 9.87. The molecule has 1 aliphatic rings. The van der Waals surface area contributed by atoms with Gasteiger partial charge in [0.1, 0.15) is 5.75 Å². The van der Waals surface area contributed by atoms with E-state index in [1.165, 1.54) is 0 Å². The Morgan fingerprint density at radius 2 is 1.88 bits per heavy atom. The maximum Gasteiger partial charge on any atom is 0.224 e. The molecule has 0 unspecified atom stereocenters. The number of nitrogens with one attached hydrogen (secondary N) is 1. The number of phenols is 1. The first-order valence-electron chi connectivity index (χ1n) is 8.26. The Labute approximate surface area is 142 Å². The predicted molar refractivity (Wildman–Crippen MR) is 92.1 cm³/mol. The van der Waals surface area contributed by atoms with E-state index in [9.17, 15) is 14.7 Å². The van der Waals surface area contributed by atoms with Crippen molar-refractivity contribution in [1.29, 1.82) is 0 Å². The molecule has 0 atom stereocenters. The summed E-state index contributed by atoms with van der Waals surface area (Å²) in [6.07, 6.45) is 0.251. The van der Waals surface area contributed by atoms with Crippen LogP contribution in [0.2, 0.25) is 0 Å². The fraction of sp³-hybridized carbons (Fsp3) is 0.556. The first-order valence-corrected chi connectivity index (χ1v) is 8.26. The fourth-order valence-electron chi connectivity index (χ4n) is 2.51. The zero-order chi connectivity index (χ0) is 17.7. The zero-order valence-electron chi connectivity index (χ0n) is 14.6. The number of rotatable bonds is 4. The van der Waals surface area contributed by atoms with Gasteiger partial charge in [0.15, 0.2) is 0 Å². The number of ether oxygens (including phenoxy) is 1. The van der Waals surface area contributed by atoms with Crippen LogP contribution in [0.1, 0.15) is 39.2 Å². The molecule has 0 saturated carbocycles. The Morgan fingerprint density at radius 1 is 1.21 bits per heavy atom. The monoisotopic (exact) mass is 334 g/mol. The van der Waals surface area contributed by atoms with Gasteiger partial charge < -0.3 is 20.1 Å². The van der Waals surface area contributed by atoms with Gasteiger partial charge in [-0.2, -0.15) is 0 Å². The average molecular weight is 334 g/mol. The molecular weight excluding hydrogens is 308 g/mol. The molecule has 0 aromatic heterocycles. The standard InChI is InChI=1S/C18H26N2O4/c1-18(2,3)13-4-5-15(21)14(12-13)19-16(22)6-7-17(23)20-8-10-24-11-9-20/h4-5,12,21H,6-11H2,1-3H3,(H,19,22). The summed E-state index contributed by atoms with van der Waals surface area (Å²) < 4.78 is 5.21. The summed E-state index contributed by atoms with van der Waals surface area (Å²) >= 11 is 0. The van der Waals surface area contributed by atoms with Gasteiger partial charge >= 0.3 is 0 Å². The molecule has 24 heavy (non-hydrogen) atoms. The minimum Gasteiger partial charge on any atom is -0.506 e. The van der Waals surface area contributed by atoms with E-state index in [0.29, 0.717) is 32.0 Å². The number of nitrogens with zero attached hydrogens (tertiary/aromatic N) is 1. The SMILES string of the molecule is CC(C)(C)c1ccc(O)c(NC(=O)CCC(=O)N2CCOCC2)c1. The normalized spacial score (nSPS) is 15.2. The second-order valence-corrected chi connectivity index (χ2v) is 7.02. The summed E-state index contributed by atoms with van der Waals surface area (Å²) in [6.45, 7) is 8.44. The number of phenolic OH excluding ortho intramolecular Hbond substituents is 1. The summed E-state index contributed by atoms with van der Waals surface area (Å²) in [6, 6.07) is 5.19. The lowest BCUT2D eigenvalue weighted by Gasteiger charge is -2.26. The second-order valence-electron chi connectivity index (χ2n) is 7.02. The molecule has 1 fully saturated rings. The minimum atomic E-state index is -0.280. The minimum absolute atomic E-state index is 0.0239. The van der Waals surface area contributed by atoms with Gasteiger partial charge in [0.2, 0.25) is 11.8 Å². The first-order chi connectivity index (χ1) is 11.3. The molecule has 1 saturated heterocycles. The fourth-order valence-corrected chi connectivity index (χ4v) is 2.51. The van der Waals surface area contributed by atoms with Crippen LogP contribution in [-0.4, -0.2) is 48.1 Å². The number of hydrogen-bond donors (Lipinski definition) is 2. The van der Waals surface area contributed by atoms with Crippen LogP contribution in [-0.2, 0) is 19.7 Å². The van der Waals surface area contributed by atoms with Crippen molar-refractivity contribution in [3.63, 3.8) is 0 Å². The van der Waals surface area contributed by atoms with Gasteiger partial charge in [-0.25, -0.2) is 0 Å². The second kappa shape index (κ2) is 7.66. The van der Waals surface area contributed by atoms with E-state index in [4.69, 9.17) is 4.74 Å². The maximum atomic E-state index is 12.1. The number of carbonyl (C=O) groups is 2. The van der Waals surface area contributed by atoms with E-state index in [0.717, 1.165) is 5.56 Å². The smallest absolute Gasteiger partial charge is 0.224 e. The highest BCUT2D eigenvalue weighted by molar-refractivity contribution is 5.94. The van der Waals surface area contributed by atoms with Crippen LogP contribution in [0.3, 0.4) is 0 Å². The van der Waals surface area contributed by atoms with E-state index in [1.54, 1.807) is 17.0 Å². The Morgan fingerprint density at radius 3 is 2.50 bits per heavy atom. The van der Waals surface area contributed by atoms with E-state index in [-0.39, 0.29) is 35.8 Å². The quantitative estimate of drug-likeness (QED) is 0.828. The van der Waals surface area contributed by atoms with Crippen LogP contribution in [0.4, 0.5) is 5.69 Å². The Kier molecular flexibility index (Phi) is 5.83. The van der Waals surface area contributed by atoms with Crippen molar-refractivity contribution in [3.05, 3.63) is 23.8 Å². The molecular formula is C18H26N2O4. The van der Waals surface area contributed by atoms with Crippen molar-refractivity contribution in [2.24, 2.45) is 0 Å². The molecule has 0 radical (unpaired) electrons. The van der Waals surface area contributed by atoms with Crippen molar-refractivity contribution in [2.45, 2.75) is 39.0 Å². The predicted octanol–water partition coefficient (Wildman–Crippen LogP) is 2.27. The zero-order valence-corrected chi connectivity index (χ0v) is 14.6. The van der Waals surface area contributed by atoms with Crippen molar-refractivity contribution in [3.8, 4) is 5.75 Å². The molecule has 6 nitrogen and oxygen atoms in total. The molecule has 6 heteroatoms. The maximum absolute atomic E-state index is 12.1. The van der Waals surface area contributed by atoms with E-state index < -0.39 is 0 Å². The van der Waals surface area contributed by atoms with Crippen LogP contribution >= 0.6 is 0 Å². The first kappa shape index (κ1) is 18.3. The largest absolute Gasteiger partial charge is 0.506 e. The lowest BCUT2D eigenvalue weighted by molar-refractivity contribution is -0.136. The van der Waals surface area contributed by atoms with Crippen LogP contribution in [0.25, 0.3) is 0 Å².